The molecule has 1 fully saturated rings. The van der Waals surface area contributed by atoms with Crippen LogP contribution in [0.4, 0.5) is 26.2 Å². The lowest BCUT2D eigenvalue weighted by Gasteiger charge is -2.34. The Morgan fingerprint density at radius 2 is 1.35 bits per heavy atom. The number of amides is 3. The van der Waals surface area contributed by atoms with Crippen molar-refractivity contribution < 1.29 is 14.0 Å². The molecule has 3 aromatic rings. The van der Waals surface area contributed by atoms with E-state index >= 15 is 0 Å². The zero-order valence-electron chi connectivity index (χ0n) is 16.9. The molecule has 3 aromatic carbocycles. The lowest BCUT2D eigenvalue weighted by Crippen LogP contribution is -2.51. The fourth-order valence-corrected chi connectivity index (χ4v) is 3.48. The van der Waals surface area contributed by atoms with Crippen molar-refractivity contribution in [1.29, 1.82) is 0 Å². The van der Waals surface area contributed by atoms with Gasteiger partial charge in [-0.2, -0.15) is 0 Å². The molecule has 3 amide bonds. The Morgan fingerprint density at radius 3 is 2.10 bits per heavy atom. The smallest absolute Gasteiger partial charge is 0.321 e. The first-order valence-corrected chi connectivity index (χ1v) is 10.1. The van der Waals surface area contributed by atoms with Gasteiger partial charge in [0, 0.05) is 48.8 Å². The van der Waals surface area contributed by atoms with E-state index in [-0.39, 0.29) is 11.9 Å². The number of para-hydroxylation sites is 1. The molecular formula is C24H23FN4O2. The Labute approximate surface area is 180 Å². The van der Waals surface area contributed by atoms with Gasteiger partial charge < -0.3 is 20.4 Å². The fraction of sp³-hybridized carbons (Fsp3) is 0.167. The van der Waals surface area contributed by atoms with Crippen LogP contribution < -0.4 is 10.6 Å². The Balaban J connectivity index is 1.32. The number of nitrogens with one attached hydrogen (secondary N) is 2. The Kier molecular flexibility index (Phi) is 6.12. The summed E-state index contributed by atoms with van der Waals surface area (Å²) in [5, 5.41) is 6.21. The molecule has 0 saturated carbocycles. The number of carbonyl (C=O) groups is 2. The van der Waals surface area contributed by atoms with Crippen LogP contribution in [-0.2, 0) is 0 Å². The van der Waals surface area contributed by atoms with E-state index in [1.165, 1.54) is 18.2 Å². The molecule has 1 saturated heterocycles. The molecule has 31 heavy (non-hydrogen) atoms. The molecule has 0 aliphatic carbocycles. The number of benzene rings is 3. The fourth-order valence-electron chi connectivity index (χ4n) is 3.48. The number of rotatable bonds is 4. The van der Waals surface area contributed by atoms with Gasteiger partial charge in [0.15, 0.2) is 0 Å². The number of hydrogen-bond acceptors (Lipinski definition) is 3. The van der Waals surface area contributed by atoms with E-state index in [1.807, 2.05) is 54.6 Å². The summed E-state index contributed by atoms with van der Waals surface area (Å²) < 4.78 is 13.4. The first-order valence-electron chi connectivity index (χ1n) is 10.1. The van der Waals surface area contributed by atoms with Crippen molar-refractivity contribution in [2.45, 2.75) is 0 Å². The van der Waals surface area contributed by atoms with Crippen molar-refractivity contribution in [3.8, 4) is 0 Å². The maximum atomic E-state index is 13.4. The maximum Gasteiger partial charge on any atom is 0.321 e. The van der Waals surface area contributed by atoms with Gasteiger partial charge >= 0.3 is 6.03 Å². The van der Waals surface area contributed by atoms with Crippen molar-refractivity contribution >= 4 is 29.0 Å². The van der Waals surface area contributed by atoms with Gasteiger partial charge in [-0.05, 0) is 48.5 Å². The minimum absolute atomic E-state index is 0.213. The molecule has 1 aliphatic rings. The summed E-state index contributed by atoms with van der Waals surface area (Å²) in [4.78, 5) is 28.5. The number of carbonyl (C=O) groups excluding carboxylic acids is 2. The third kappa shape index (κ3) is 5.19. The monoisotopic (exact) mass is 418 g/mol. The molecule has 0 bridgehead atoms. The number of anilines is 3. The summed E-state index contributed by atoms with van der Waals surface area (Å²) in [5.41, 5.74) is 2.84. The summed E-state index contributed by atoms with van der Waals surface area (Å²) in [6.07, 6.45) is 0. The summed E-state index contributed by atoms with van der Waals surface area (Å²) in [7, 11) is 0. The largest absolute Gasteiger partial charge is 0.355 e. The van der Waals surface area contributed by atoms with Gasteiger partial charge in [-0.1, -0.05) is 30.3 Å². The lowest BCUT2D eigenvalue weighted by molar-refractivity contribution is 0.0671. The van der Waals surface area contributed by atoms with Crippen LogP contribution in [0.25, 0.3) is 0 Å². The average molecular weight is 418 g/mol. The zero-order valence-corrected chi connectivity index (χ0v) is 16.9. The van der Waals surface area contributed by atoms with Crippen molar-refractivity contribution in [1.82, 2.24) is 9.80 Å². The van der Waals surface area contributed by atoms with Crippen LogP contribution in [0.2, 0.25) is 0 Å². The Bertz CT molecular complexity index is 1070. The molecule has 0 radical (unpaired) electrons. The Morgan fingerprint density at radius 1 is 0.710 bits per heavy atom. The van der Waals surface area contributed by atoms with Crippen molar-refractivity contribution in [2.24, 2.45) is 0 Å². The summed E-state index contributed by atoms with van der Waals surface area (Å²) in [5.74, 6) is -0.660. The van der Waals surface area contributed by atoms with Crippen LogP contribution in [0, 0.1) is 5.82 Å². The van der Waals surface area contributed by atoms with Crippen LogP contribution in [0.5, 0.6) is 0 Å². The van der Waals surface area contributed by atoms with E-state index in [9.17, 15) is 14.0 Å². The number of urea groups is 1. The average Bonchev–Trinajstić information content (AvgIpc) is 2.79. The van der Waals surface area contributed by atoms with Gasteiger partial charge in [0.2, 0.25) is 0 Å². The molecular weight excluding hydrogens is 395 g/mol. The van der Waals surface area contributed by atoms with Crippen LogP contribution in [0.1, 0.15) is 10.4 Å². The number of hydrogen-bond donors (Lipinski definition) is 2. The van der Waals surface area contributed by atoms with Gasteiger partial charge in [0.25, 0.3) is 5.91 Å². The van der Waals surface area contributed by atoms with Gasteiger partial charge in [0.05, 0.1) is 0 Å². The van der Waals surface area contributed by atoms with E-state index in [0.717, 1.165) is 11.4 Å². The molecule has 6 nitrogen and oxygen atoms in total. The van der Waals surface area contributed by atoms with Gasteiger partial charge in [-0.3, -0.25) is 4.79 Å². The maximum absolute atomic E-state index is 13.4. The first kappa shape index (κ1) is 20.4. The predicted octanol–water partition coefficient (Wildman–Crippen LogP) is 4.56. The van der Waals surface area contributed by atoms with Crippen molar-refractivity contribution in [3.05, 3.63) is 90.2 Å². The lowest BCUT2D eigenvalue weighted by atomic mass is 10.2. The van der Waals surface area contributed by atoms with E-state index in [4.69, 9.17) is 0 Å². The Hall–Kier alpha value is -3.87. The molecule has 4 rings (SSSR count). The standard InChI is InChI=1S/C24H23FN4O2/c25-19-7-4-6-18(16-19)23(30)28-12-14-29(15-13-28)24(31)27-22-11-5-10-21(17-22)26-20-8-2-1-3-9-20/h1-11,16-17,26H,12-15H2,(H,27,31). The summed E-state index contributed by atoms with van der Waals surface area (Å²) in [6.45, 7) is 1.63. The van der Waals surface area contributed by atoms with Crippen molar-refractivity contribution in [2.75, 3.05) is 36.8 Å². The van der Waals surface area contributed by atoms with E-state index in [0.29, 0.717) is 37.4 Å². The molecule has 2 N–H and O–H groups in total. The molecule has 0 spiro atoms. The topological polar surface area (TPSA) is 64.7 Å². The van der Waals surface area contributed by atoms with E-state index in [1.54, 1.807) is 15.9 Å². The van der Waals surface area contributed by atoms with Crippen LogP contribution in [-0.4, -0.2) is 47.9 Å². The molecule has 7 heteroatoms. The van der Waals surface area contributed by atoms with Crippen LogP contribution in [0.15, 0.2) is 78.9 Å². The minimum atomic E-state index is -0.437. The SMILES string of the molecule is O=C(Nc1cccc(Nc2ccccc2)c1)N1CCN(C(=O)c2cccc(F)c2)CC1. The number of halogens is 1. The van der Waals surface area contributed by atoms with Crippen LogP contribution in [0.3, 0.4) is 0 Å². The third-order valence-electron chi connectivity index (χ3n) is 5.10. The second-order valence-corrected chi connectivity index (χ2v) is 7.29. The van der Waals surface area contributed by atoms with Gasteiger partial charge in [0.1, 0.15) is 5.82 Å². The summed E-state index contributed by atoms with van der Waals surface area (Å²) in [6, 6.07) is 22.7. The molecule has 1 heterocycles. The quantitative estimate of drug-likeness (QED) is 0.653. The highest BCUT2D eigenvalue weighted by atomic mass is 19.1. The molecule has 0 aromatic heterocycles. The molecule has 0 atom stereocenters. The van der Waals surface area contributed by atoms with Gasteiger partial charge in [-0.25, -0.2) is 9.18 Å². The highest BCUT2D eigenvalue weighted by molar-refractivity contribution is 5.94. The van der Waals surface area contributed by atoms with E-state index < -0.39 is 5.82 Å². The number of nitrogens with zero attached hydrogens (tertiary/aromatic N) is 2. The van der Waals surface area contributed by atoms with Crippen molar-refractivity contribution in [3.63, 3.8) is 0 Å². The van der Waals surface area contributed by atoms with Crippen LogP contribution >= 0.6 is 0 Å². The second-order valence-electron chi connectivity index (χ2n) is 7.29. The zero-order chi connectivity index (χ0) is 21.6. The number of piperazine rings is 1. The molecule has 158 valence electrons. The van der Waals surface area contributed by atoms with E-state index in [2.05, 4.69) is 10.6 Å². The normalized spacial score (nSPS) is 13.6. The molecule has 1 aliphatic heterocycles. The highest BCUT2D eigenvalue weighted by Crippen LogP contribution is 2.20. The molecule has 0 unspecified atom stereocenters. The second kappa shape index (κ2) is 9.30. The minimum Gasteiger partial charge on any atom is -0.355 e. The predicted molar refractivity (Wildman–Crippen MR) is 119 cm³/mol. The third-order valence-corrected chi connectivity index (χ3v) is 5.10. The highest BCUT2D eigenvalue weighted by Gasteiger charge is 2.25. The summed E-state index contributed by atoms with van der Waals surface area (Å²) >= 11 is 0. The van der Waals surface area contributed by atoms with Gasteiger partial charge in [-0.15, -0.1) is 0 Å². The first-order chi connectivity index (χ1) is 15.1.